The van der Waals surface area contributed by atoms with E-state index in [1.165, 1.54) is 5.57 Å². The normalized spacial score (nSPS) is 15.8. The highest BCUT2D eigenvalue weighted by atomic mass is 16.2. The molecule has 8 nitrogen and oxygen atoms in total. The van der Waals surface area contributed by atoms with Crippen LogP contribution in [0, 0.1) is 0 Å². The van der Waals surface area contributed by atoms with Crippen LogP contribution in [0.2, 0.25) is 0 Å². The van der Waals surface area contributed by atoms with Crippen molar-refractivity contribution >= 4 is 40.9 Å². The van der Waals surface area contributed by atoms with Crippen molar-refractivity contribution in [3.63, 3.8) is 0 Å². The Morgan fingerprint density at radius 2 is 1.97 bits per heavy atom. The monoisotopic (exact) mass is 416 g/mol. The molecule has 2 aromatic rings. The number of rotatable bonds is 4. The first-order valence-electron chi connectivity index (χ1n) is 10.1. The second kappa shape index (κ2) is 8.83. The van der Waals surface area contributed by atoms with Gasteiger partial charge in [0.15, 0.2) is 5.96 Å². The predicted molar refractivity (Wildman–Crippen MR) is 121 cm³/mol. The first-order valence-corrected chi connectivity index (χ1v) is 10.1. The van der Waals surface area contributed by atoms with Gasteiger partial charge in [-0.25, -0.2) is 9.98 Å². The van der Waals surface area contributed by atoms with Crippen LogP contribution in [-0.2, 0) is 16.0 Å². The third-order valence-electron chi connectivity index (χ3n) is 5.30. The molecule has 0 bridgehead atoms. The number of nitrogens with two attached hydrogens (primary N) is 2. The minimum absolute atomic E-state index is 0.0132. The summed E-state index contributed by atoms with van der Waals surface area (Å²) in [6.45, 7) is 1.21. The van der Waals surface area contributed by atoms with Crippen molar-refractivity contribution in [1.82, 2.24) is 9.88 Å². The lowest BCUT2D eigenvalue weighted by Crippen LogP contribution is -2.33. The standard InChI is InChI=1S/C23H24N6O2/c24-23(25)27-19-5-2-16(3-6-19)17-9-11-29(12-10-17)21(31)8-1-15-13-18-4-7-20(30)28-22(18)26-14-15/h1-3,5-6,8-9,13-14H,4,7,10-12H2,(H4,24,25,27)(H,26,28,30). The molecule has 2 amide bonds. The number of hydrogen-bond donors (Lipinski definition) is 3. The van der Waals surface area contributed by atoms with Crippen molar-refractivity contribution in [2.24, 2.45) is 16.5 Å². The molecule has 158 valence electrons. The summed E-state index contributed by atoms with van der Waals surface area (Å²) in [6, 6.07) is 9.67. The highest BCUT2D eigenvalue weighted by Gasteiger charge is 2.17. The van der Waals surface area contributed by atoms with Gasteiger partial charge in [0.05, 0.1) is 5.69 Å². The number of benzene rings is 1. The number of pyridine rings is 1. The van der Waals surface area contributed by atoms with E-state index in [4.69, 9.17) is 11.5 Å². The van der Waals surface area contributed by atoms with Gasteiger partial charge >= 0.3 is 0 Å². The summed E-state index contributed by atoms with van der Waals surface area (Å²) in [5.74, 6) is 0.592. The van der Waals surface area contributed by atoms with E-state index in [1.54, 1.807) is 23.2 Å². The quantitative estimate of drug-likeness (QED) is 0.400. The van der Waals surface area contributed by atoms with Gasteiger partial charge in [-0.3, -0.25) is 9.59 Å². The molecule has 0 aliphatic carbocycles. The van der Waals surface area contributed by atoms with Crippen LogP contribution >= 0.6 is 0 Å². The van der Waals surface area contributed by atoms with E-state index in [9.17, 15) is 9.59 Å². The molecule has 1 aromatic carbocycles. The fraction of sp³-hybridized carbons (Fsp3) is 0.217. The number of carbonyl (C=O) groups is 2. The van der Waals surface area contributed by atoms with E-state index in [2.05, 4.69) is 21.4 Å². The third-order valence-corrected chi connectivity index (χ3v) is 5.30. The number of fused-ring (bicyclic) bond motifs is 1. The summed E-state index contributed by atoms with van der Waals surface area (Å²) < 4.78 is 0. The smallest absolute Gasteiger partial charge is 0.246 e. The molecule has 4 rings (SSSR count). The molecule has 0 fully saturated rings. The van der Waals surface area contributed by atoms with Gasteiger partial charge in [0.25, 0.3) is 0 Å². The van der Waals surface area contributed by atoms with Gasteiger partial charge in [0, 0.05) is 31.8 Å². The maximum atomic E-state index is 12.6. The van der Waals surface area contributed by atoms with Crippen LogP contribution in [0.25, 0.3) is 11.6 Å². The summed E-state index contributed by atoms with van der Waals surface area (Å²) in [7, 11) is 0. The summed E-state index contributed by atoms with van der Waals surface area (Å²) in [6.07, 6.45) is 8.99. The molecule has 0 saturated heterocycles. The Balaban J connectivity index is 1.37. The maximum absolute atomic E-state index is 12.6. The molecule has 2 aliphatic rings. The number of guanidine groups is 1. The number of nitrogens with one attached hydrogen (secondary N) is 1. The highest BCUT2D eigenvalue weighted by molar-refractivity contribution is 5.94. The van der Waals surface area contributed by atoms with Gasteiger partial charge in [-0.2, -0.15) is 0 Å². The van der Waals surface area contributed by atoms with Gasteiger partial charge in [-0.15, -0.1) is 0 Å². The zero-order valence-electron chi connectivity index (χ0n) is 17.0. The lowest BCUT2D eigenvalue weighted by atomic mass is 9.99. The average Bonchev–Trinajstić information content (AvgIpc) is 2.77. The largest absolute Gasteiger partial charge is 0.370 e. The Kier molecular flexibility index (Phi) is 5.79. The molecular formula is C23H24N6O2. The molecule has 0 saturated carbocycles. The van der Waals surface area contributed by atoms with Crippen LogP contribution < -0.4 is 16.8 Å². The molecule has 0 unspecified atom stereocenters. The van der Waals surface area contributed by atoms with Gasteiger partial charge in [-0.1, -0.05) is 18.2 Å². The number of anilines is 1. The summed E-state index contributed by atoms with van der Waals surface area (Å²) in [4.78, 5) is 34.1. The summed E-state index contributed by atoms with van der Waals surface area (Å²) in [5, 5.41) is 2.76. The molecule has 2 aliphatic heterocycles. The van der Waals surface area contributed by atoms with Crippen LogP contribution in [0.4, 0.5) is 11.5 Å². The Bertz CT molecular complexity index is 1100. The lowest BCUT2D eigenvalue weighted by molar-refractivity contribution is -0.125. The van der Waals surface area contributed by atoms with Crippen LogP contribution in [0.1, 0.15) is 29.5 Å². The molecule has 5 N–H and O–H groups in total. The number of amides is 2. The minimum atomic E-state index is -0.0376. The molecule has 0 atom stereocenters. The fourth-order valence-electron chi connectivity index (χ4n) is 3.67. The number of aryl methyl sites for hydroxylation is 1. The molecule has 0 radical (unpaired) electrons. The van der Waals surface area contributed by atoms with Crippen LogP contribution in [0.15, 0.2) is 53.7 Å². The predicted octanol–water partition coefficient (Wildman–Crippen LogP) is 2.20. The van der Waals surface area contributed by atoms with Crippen molar-refractivity contribution in [2.45, 2.75) is 19.3 Å². The number of nitrogens with zero attached hydrogens (tertiary/aromatic N) is 3. The number of hydrogen-bond acceptors (Lipinski definition) is 4. The van der Waals surface area contributed by atoms with Crippen LogP contribution in [0.5, 0.6) is 0 Å². The Morgan fingerprint density at radius 1 is 1.16 bits per heavy atom. The van der Waals surface area contributed by atoms with E-state index in [-0.39, 0.29) is 17.8 Å². The van der Waals surface area contributed by atoms with Crippen LogP contribution in [-0.4, -0.2) is 40.7 Å². The van der Waals surface area contributed by atoms with Gasteiger partial charge in [0.2, 0.25) is 11.8 Å². The Hall–Kier alpha value is -3.94. The van der Waals surface area contributed by atoms with E-state index in [1.807, 2.05) is 30.3 Å². The fourth-order valence-corrected chi connectivity index (χ4v) is 3.67. The van der Waals surface area contributed by atoms with E-state index >= 15 is 0 Å². The van der Waals surface area contributed by atoms with Gasteiger partial charge in [0.1, 0.15) is 5.82 Å². The first kappa shape index (κ1) is 20.3. The third kappa shape index (κ3) is 4.98. The van der Waals surface area contributed by atoms with Crippen molar-refractivity contribution < 1.29 is 9.59 Å². The Morgan fingerprint density at radius 3 is 2.68 bits per heavy atom. The molecular weight excluding hydrogens is 392 g/mol. The number of aromatic nitrogens is 1. The second-order valence-electron chi connectivity index (χ2n) is 7.51. The first-order chi connectivity index (χ1) is 15.0. The summed E-state index contributed by atoms with van der Waals surface area (Å²) in [5.41, 5.74) is 15.6. The van der Waals surface area contributed by atoms with E-state index < -0.39 is 0 Å². The topological polar surface area (TPSA) is 127 Å². The van der Waals surface area contributed by atoms with Crippen molar-refractivity contribution in [2.75, 3.05) is 18.4 Å². The number of aliphatic imine (C=N–C) groups is 1. The highest BCUT2D eigenvalue weighted by Crippen LogP contribution is 2.25. The van der Waals surface area contributed by atoms with Crippen molar-refractivity contribution in [1.29, 1.82) is 0 Å². The van der Waals surface area contributed by atoms with Crippen LogP contribution in [0.3, 0.4) is 0 Å². The molecule has 3 heterocycles. The number of carbonyl (C=O) groups excluding carboxylic acids is 2. The Labute approximate surface area is 180 Å². The maximum Gasteiger partial charge on any atom is 0.246 e. The SMILES string of the molecule is NC(N)=Nc1ccc(C2=CCN(C(=O)C=Cc3cnc4c(c3)CCC(=O)N4)CC2)cc1. The molecule has 1 aromatic heterocycles. The molecule has 8 heteroatoms. The van der Waals surface area contributed by atoms with Crippen molar-refractivity contribution in [3.8, 4) is 0 Å². The minimum Gasteiger partial charge on any atom is -0.370 e. The summed E-state index contributed by atoms with van der Waals surface area (Å²) >= 11 is 0. The molecule has 0 spiro atoms. The molecule has 31 heavy (non-hydrogen) atoms. The lowest BCUT2D eigenvalue weighted by Gasteiger charge is -2.25. The zero-order chi connectivity index (χ0) is 21.8. The van der Waals surface area contributed by atoms with E-state index in [0.717, 1.165) is 23.1 Å². The van der Waals surface area contributed by atoms with Gasteiger partial charge < -0.3 is 21.7 Å². The zero-order valence-corrected chi connectivity index (χ0v) is 17.0. The van der Waals surface area contributed by atoms with Crippen molar-refractivity contribution in [3.05, 3.63) is 65.4 Å². The second-order valence-corrected chi connectivity index (χ2v) is 7.51. The van der Waals surface area contributed by atoms with Gasteiger partial charge in [-0.05, 0) is 59.4 Å². The average molecular weight is 416 g/mol. The van der Waals surface area contributed by atoms with E-state index in [0.29, 0.717) is 37.4 Å².